The standard InChI is InChI=1S/C15H30N2O/c1-17-12-6-3-7-14(17)8-11-16-15(13-18)9-4-2-5-10-15/h14,16,18H,2-13H2,1H3. The van der Waals surface area contributed by atoms with Crippen molar-refractivity contribution in [3.05, 3.63) is 0 Å². The minimum Gasteiger partial charge on any atom is -0.394 e. The number of piperidine rings is 1. The van der Waals surface area contributed by atoms with E-state index >= 15 is 0 Å². The van der Waals surface area contributed by atoms with Crippen LogP contribution in [0.25, 0.3) is 0 Å². The first-order valence-electron chi connectivity index (χ1n) is 7.82. The molecule has 2 rings (SSSR count). The molecule has 1 saturated carbocycles. The van der Waals surface area contributed by atoms with Gasteiger partial charge in [-0.25, -0.2) is 0 Å². The maximum Gasteiger partial charge on any atom is 0.0613 e. The first-order chi connectivity index (χ1) is 8.76. The lowest BCUT2D eigenvalue weighted by Gasteiger charge is -2.38. The van der Waals surface area contributed by atoms with Crippen molar-refractivity contribution < 1.29 is 5.11 Å². The van der Waals surface area contributed by atoms with E-state index in [0.29, 0.717) is 6.61 Å². The minimum absolute atomic E-state index is 0.0471. The number of nitrogens with zero attached hydrogens (tertiary/aromatic N) is 1. The van der Waals surface area contributed by atoms with E-state index < -0.39 is 0 Å². The Bertz CT molecular complexity index is 239. The normalized spacial score (nSPS) is 29.3. The summed E-state index contributed by atoms with van der Waals surface area (Å²) < 4.78 is 0. The molecular formula is C15H30N2O. The molecule has 1 unspecified atom stereocenters. The molecule has 2 aliphatic rings. The fourth-order valence-corrected chi connectivity index (χ4v) is 3.63. The molecule has 18 heavy (non-hydrogen) atoms. The van der Waals surface area contributed by atoms with Crippen LogP contribution < -0.4 is 5.32 Å². The van der Waals surface area contributed by atoms with Gasteiger partial charge in [-0.3, -0.25) is 0 Å². The molecule has 0 spiro atoms. The van der Waals surface area contributed by atoms with Crippen LogP contribution in [0.15, 0.2) is 0 Å². The summed E-state index contributed by atoms with van der Waals surface area (Å²) in [4.78, 5) is 2.51. The number of aliphatic hydroxyl groups is 1. The predicted molar refractivity (Wildman–Crippen MR) is 75.8 cm³/mol. The van der Waals surface area contributed by atoms with Crippen molar-refractivity contribution in [3.63, 3.8) is 0 Å². The summed E-state index contributed by atoms with van der Waals surface area (Å²) in [6, 6.07) is 0.755. The van der Waals surface area contributed by atoms with Crippen LogP contribution in [0.4, 0.5) is 0 Å². The quantitative estimate of drug-likeness (QED) is 0.789. The molecule has 1 aliphatic carbocycles. The Morgan fingerprint density at radius 2 is 1.94 bits per heavy atom. The number of rotatable bonds is 5. The molecule has 2 N–H and O–H groups in total. The van der Waals surface area contributed by atoms with Gasteiger partial charge in [0.2, 0.25) is 0 Å². The summed E-state index contributed by atoms with van der Waals surface area (Å²) in [6.45, 7) is 2.64. The van der Waals surface area contributed by atoms with Gasteiger partial charge in [-0.15, -0.1) is 0 Å². The second kappa shape index (κ2) is 6.88. The van der Waals surface area contributed by atoms with E-state index in [2.05, 4.69) is 17.3 Å². The van der Waals surface area contributed by atoms with Gasteiger partial charge >= 0.3 is 0 Å². The zero-order chi connectivity index (χ0) is 12.8. The Labute approximate surface area is 112 Å². The fraction of sp³-hybridized carbons (Fsp3) is 1.00. The highest BCUT2D eigenvalue weighted by atomic mass is 16.3. The first kappa shape index (κ1) is 14.3. The van der Waals surface area contributed by atoms with Crippen molar-refractivity contribution in [2.75, 3.05) is 26.7 Å². The highest BCUT2D eigenvalue weighted by Gasteiger charge is 2.30. The summed E-state index contributed by atoms with van der Waals surface area (Å²) in [5, 5.41) is 13.3. The highest BCUT2D eigenvalue weighted by molar-refractivity contribution is 4.90. The van der Waals surface area contributed by atoms with E-state index in [1.807, 2.05) is 0 Å². The molecule has 1 heterocycles. The molecule has 106 valence electrons. The Morgan fingerprint density at radius 3 is 2.61 bits per heavy atom. The Balaban J connectivity index is 1.72. The molecule has 0 radical (unpaired) electrons. The van der Waals surface area contributed by atoms with Crippen molar-refractivity contribution in [3.8, 4) is 0 Å². The average Bonchev–Trinajstić information content (AvgIpc) is 2.42. The number of aliphatic hydroxyl groups excluding tert-OH is 1. The van der Waals surface area contributed by atoms with E-state index in [1.54, 1.807) is 0 Å². The van der Waals surface area contributed by atoms with Crippen LogP contribution in [0.2, 0.25) is 0 Å². The van der Waals surface area contributed by atoms with Gasteiger partial charge in [0.05, 0.1) is 6.61 Å². The van der Waals surface area contributed by atoms with E-state index in [1.165, 1.54) is 51.5 Å². The molecule has 3 nitrogen and oxygen atoms in total. The molecule has 0 aromatic carbocycles. The van der Waals surface area contributed by atoms with Gasteiger partial charge in [-0.05, 0) is 52.2 Å². The van der Waals surface area contributed by atoms with Crippen molar-refractivity contribution >= 4 is 0 Å². The molecular weight excluding hydrogens is 224 g/mol. The molecule has 2 fully saturated rings. The van der Waals surface area contributed by atoms with E-state index in [9.17, 15) is 5.11 Å². The number of likely N-dealkylation sites (tertiary alicyclic amines) is 1. The zero-order valence-corrected chi connectivity index (χ0v) is 12.0. The molecule has 0 amide bonds. The number of hydrogen-bond donors (Lipinski definition) is 2. The maximum atomic E-state index is 9.66. The Hall–Kier alpha value is -0.120. The molecule has 3 heteroatoms. The highest BCUT2D eigenvalue weighted by Crippen LogP contribution is 2.28. The monoisotopic (exact) mass is 254 g/mol. The Morgan fingerprint density at radius 1 is 1.17 bits per heavy atom. The lowest BCUT2D eigenvalue weighted by atomic mass is 9.82. The lowest BCUT2D eigenvalue weighted by molar-refractivity contribution is 0.113. The summed E-state index contributed by atoms with van der Waals surface area (Å²) in [5.74, 6) is 0. The third-order valence-electron chi connectivity index (χ3n) is 5.01. The predicted octanol–water partition coefficient (Wildman–Crippen LogP) is 2.15. The van der Waals surface area contributed by atoms with Crippen LogP contribution in [0, 0.1) is 0 Å². The minimum atomic E-state index is 0.0471. The molecule has 0 aromatic rings. The van der Waals surface area contributed by atoms with Gasteiger partial charge < -0.3 is 15.3 Å². The van der Waals surface area contributed by atoms with Crippen molar-refractivity contribution in [1.82, 2.24) is 10.2 Å². The average molecular weight is 254 g/mol. The smallest absolute Gasteiger partial charge is 0.0613 e. The number of hydrogen-bond acceptors (Lipinski definition) is 3. The van der Waals surface area contributed by atoms with Gasteiger partial charge in [0.1, 0.15) is 0 Å². The SMILES string of the molecule is CN1CCCCC1CCNC1(CO)CCCCC1. The van der Waals surface area contributed by atoms with Crippen molar-refractivity contribution in [1.29, 1.82) is 0 Å². The second-order valence-corrected chi connectivity index (χ2v) is 6.34. The zero-order valence-electron chi connectivity index (χ0n) is 12.0. The van der Waals surface area contributed by atoms with Crippen LogP contribution in [0.5, 0.6) is 0 Å². The van der Waals surface area contributed by atoms with Crippen LogP contribution >= 0.6 is 0 Å². The summed E-state index contributed by atoms with van der Waals surface area (Å²) in [6.07, 6.45) is 11.5. The molecule has 1 atom stereocenters. The summed E-state index contributed by atoms with van der Waals surface area (Å²) in [7, 11) is 2.26. The van der Waals surface area contributed by atoms with Crippen molar-refractivity contribution in [2.45, 2.75) is 69.4 Å². The summed E-state index contributed by atoms with van der Waals surface area (Å²) >= 11 is 0. The fourth-order valence-electron chi connectivity index (χ4n) is 3.63. The Kier molecular flexibility index (Phi) is 5.46. The van der Waals surface area contributed by atoms with Crippen molar-refractivity contribution in [2.24, 2.45) is 0 Å². The van der Waals surface area contributed by atoms with Gasteiger partial charge in [0, 0.05) is 11.6 Å². The van der Waals surface area contributed by atoms with Crippen LogP contribution in [-0.4, -0.2) is 48.3 Å². The topological polar surface area (TPSA) is 35.5 Å². The van der Waals surface area contributed by atoms with E-state index in [-0.39, 0.29) is 5.54 Å². The molecule has 0 bridgehead atoms. The van der Waals surface area contributed by atoms with Gasteiger partial charge in [-0.1, -0.05) is 25.7 Å². The maximum absolute atomic E-state index is 9.66. The van der Waals surface area contributed by atoms with Crippen LogP contribution in [0.3, 0.4) is 0 Å². The van der Waals surface area contributed by atoms with Crippen LogP contribution in [0.1, 0.15) is 57.8 Å². The van der Waals surface area contributed by atoms with E-state index in [0.717, 1.165) is 25.4 Å². The second-order valence-electron chi connectivity index (χ2n) is 6.34. The lowest BCUT2D eigenvalue weighted by Crippen LogP contribution is -2.51. The van der Waals surface area contributed by atoms with Crippen LogP contribution in [-0.2, 0) is 0 Å². The molecule has 1 aliphatic heterocycles. The largest absolute Gasteiger partial charge is 0.394 e. The number of nitrogens with one attached hydrogen (secondary N) is 1. The van der Waals surface area contributed by atoms with E-state index in [4.69, 9.17) is 0 Å². The first-order valence-corrected chi connectivity index (χ1v) is 7.82. The van der Waals surface area contributed by atoms with Gasteiger partial charge in [-0.2, -0.15) is 0 Å². The third-order valence-corrected chi connectivity index (χ3v) is 5.01. The third kappa shape index (κ3) is 3.69. The molecule has 0 aromatic heterocycles. The van der Waals surface area contributed by atoms with Gasteiger partial charge in [0.15, 0.2) is 0 Å². The summed E-state index contributed by atoms with van der Waals surface area (Å²) in [5.41, 5.74) is 0.0471. The molecule has 1 saturated heterocycles. The van der Waals surface area contributed by atoms with Gasteiger partial charge in [0.25, 0.3) is 0 Å².